The van der Waals surface area contributed by atoms with Gasteiger partial charge in [0.1, 0.15) is 17.6 Å². The number of nitrogens with zero attached hydrogens (tertiary/aromatic N) is 3. The third-order valence-electron chi connectivity index (χ3n) is 7.33. The molecule has 0 atom stereocenters. The fourth-order valence-corrected chi connectivity index (χ4v) is 4.90. The van der Waals surface area contributed by atoms with Crippen molar-refractivity contribution in [3.05, 3.63) is 88.9 Å². The summed E-state index contributed by atoms with van der Waals surface area (Å²) < 4.78 is 21.0. The van der Waals surface area contributed by atoms with Crippen molar-refractivity contribution in [2.24, 2.45) is 5.41 Å². The Morgan fingerprint density at radius 3 is 2.42 bits per heavy atom. The second-order valence-corrected chi connectivity index (χ2v) is 11.6. The lowest BCUT2D eigenvalue weighted by Crippen LogP contribution is -2.43. The van der Waals surface area contributed by atoms with Gasteiger partial charge in [-0.15, -0.1) is 0 Å². The van der Waals surface area contributed by atoms with E-state index in [-0.39, 0.29) is 28.3 Å². The number of allylic oxidation sites excluding steroid dienone is 4. The number of hydrogen-bond donors (Lipinski definition) is 2. The second-order valence-electron chi connectivity index (χ2n) is 11.6. The fourth-order valence-electron chi connectivity index (χ4n) is 4.90. The standard InChI is InChI=1S/C35H38FN5O2/c1-7-8-9-22(2)32(38)30-23(3)40-33(27-15-14-26(20-29(27)36)43-34(42)35(4,5)6)28(21-37)31(30)24-10-12-25(13-11-24)41-18-16-39-17-19-41/h7-15,20,38-39H,16-19H2,1-6H3/b8-7-,22-9+,38-32?. The number of aromatic nitrogens is 1. The molecule has 0 bridgehead atoms. The van der Waals surface area contributed by atoms with Crippen molar-refractivity contribution in [3.63, 3.8) is 0 Å². The predicted molar refractivity (Wildman–Crippen MR) is 170 cm³/mol. The van der Waals surface area contributed by atoms with E-state index < -0.39 is 17.2 Å². The van der Waals surface area contributed by atoms with Crippen molar-refractivity contribution in [2.45, 2.75) is 41.5 Å². The number of piperazine rings is 1. The molecular weight excluding hydrogens is 541 g/mol. The summed E-state index contributed by atoms with van der Waals surface area (Å²) in [7, 11) is 0. The van der Waals surface area contributed by atoms with E-state index in [4.69, 9.17) is 15.1 Å². The molecule has 222 valence electrons. The lowest BCUT2D eigenvalue weighted by atomic mass is 9.87. The maximum Gasteiger partial charge on any atom is 0.316 e. The van der Waals surface area contributed by atoms with Crippen LogP contribution in [0.15, 0.2) is 66.3 Å². The minimum Gasteiger partial charge on any atom is -0.426 e. The van der Waals surface area contributed by atoms with Crippen LogP contribution in [-0.2, 0) is 4.79 Å². The summed E-state index contributed by atoms with van der Waals surface area (Å²) in [4.78, 5) is 19.3. The van der Waals surface area contributed by atoms with Gasteiger partial charge in [0.25, 0.3) is 0 Å². The van der Waals surface area contributed by atoms with Crippen LogP contribution in [0.2, 0.25) is 0 Å². The highest BCUT2D eigenvalue weighted by Crippen LogP contribution is 2.38. The Kier molecular flexibility index (Phi) is 9.57. The molecule has 4 rings (SSSR count). The van der Waals surface area contributed by atoms with Crippen LogP contribution in [0, 0.1) is 34.9 Å². The van der Waals surface area contributed by atoms with E-state index in [9.17, 15) is 10.1 Å². The molecule has 3 aromatic rings. The molecule has 0 saturated carbocycles. The van der Waals surface area contributed by atoms with Gasteiger partial charge in [-0.25, -0.2) is 4.39 Å². The Bertz CT molecular complexity index is 1640. The third kappa shape index (κ3) is 6.90. The van der Waals surface area contributed by atoms with Gasteiger partial charge in [0.2, 0.25) is 0 Å². The zero-order chi connectivity index (χ0) is 31.3. The molecular formula is C35H38FN5O2. The number of aryl methyl sites for hydroxylation is 1. The number of benzene rings is 2. The summed E-state index contributed by atoms with van der Waals surface area (Å²) in [6.07, 6.45) is 5.58. The Morgan fingerprint density at radius 2 is 1.84 bits per heavy atom. The Balaban J connectivity index is 1.89. The van der Waals surface area contributed by atoms with Crippen LogP contribution in [0.3, 0.4) is 0 Å². The molecule has 2 aromatic carbocycles. The number of nitriles is 1. The average molecular weight is 580 g/mol. The van der Waals surface area contributed by atoms with Gasteiger partial charge in [-0.2, -0.15) is 5.26 Å². The van der Waals surface area contributed by atoms with E-state index >= 15 is 4.39 Å². The van der Waals surface area contributed by atoms with Crippen molar-refractivity contribution in [2.75, 3.05) is 31.1 Å². The zero-order valence-corrected chi connectivity index (χ0v) is 25.6. The quantitative estimate of drug-likeness (QED) is 0.135. The van der Waals surface area contributed by atoms with Crippen molar-refractivity contribution in [3.8, 4) is 34.2 Å². The summed E-state index contributed by atoms with van der Waals surface area (Å²) >= 11 is 0. The Labute approximate surface area is 253 Å². The molecule has 1 saturated heterocycles. The summed E-state index contributed by atoms with van der Waals surface area (Å²) in [5, 5.41) is 23.0. The molecule has 0 amide bonds. The van der Waals surface area contributed by atoms with E-state index in [0.717, 1.165) is 43.5 Å². The molecule has 43 heavy (non-hydrogen) atoms. The molecule has 0 radical (unpaired) electrons. The molecule has 7 nitrogen and oxygen atoms in total. The van der Waals surface area contributed by atoms with Gasteiger partial charge < -0.3 is 15.0 Å². The molecule has 2 N–H and O–H groups in total. The molecule has 0 unspecified atom stereocenters. The first-order chi connectivity index (χ1) is 20.5. The molecule has 1 aliphatic heterocycles. The Hall–Kier alpha value is -4.61. The normalized spacial score (nSPS) is 14.1. The van der Waals surface area contributed by atoms with E-state index in [0.29, 0.717) is 22.4 Å². The average Bonchev–Trinajstić information content (AvgIpc) is 2.99. The first-order valence-electron chi connectivity index (χ1n) is 14.4. The number of anilines is 1. The summed E-state index contributed by atoms with van der Waals surface area (Å²) in [6, 6.07) is 14.3. The number of hydrogen-bond acceptors (Lipinski definition) is 7. The van der Waals surface area contributed by atoms with E-state index in [1.54, 1.807) is 27.7 Å². The number of carbonyl (C=O) groups is 1. The molecule has 1 aromatic heterocycles. The second kappa shape index (κ2) is 13.1. The highest BCUT2D eigenvalue weighted by atomic mass is 19.1. The van der Waals surface area contributed by atoms with Crippen LogP contribution < -0.4 is 15.0 Å². The number of nitrogens with one attached hydrogen (secondary N) is 2. The number of esters is 1. The molecule has 0 spiro atoms. The third-order valence-corrected chi connectivity index (χ3v) is 7.33. The van der Waals surface area contributed by atoms with Crippen molar-refractivity contribution < 1.29 is 13.9 Å². The SMILES string of the molecule is C/C=C\C=C(/C)C(=N)c1c(C)nc(-c2ccc(OC(=O)C(C)(C)C)cc2F)c(C#N)c1-c1ccc(N2CCNCC2)cc1. The topological polar surface area (TPSA) is 102 Å². The Morgan fingerprint density at radius 1 is 1.16 bits per heavy atom. The van der Waals surface area contributed by atoms with Gasteiger partial charge in [0, 0.05) is 60.3 Å². The van der Waals surface area contributed by atoms with E-state index in [1.165, 1.54) is 12.1 Å². The minimum atomic E-state index is -0.753. The van der Waals surface area contributed by atoms with Crippen LogP contribution in [0.1, 0.15) is 51.4 Å². The van der Waals surface area contributed by atoms with Crippen LogP contribution in [0.5, 0.6) is 5.75 Å². The fraction of sp³-hybridized carbons (Fsp3) is 0.314. The predicted octanol–water partition coefficient (Wildman–Crippen LogP) is 6.99. The molecule has 0 aliphatic carbocycles. The number of ether oxygens (including phenoxy) is 1. The lowest BCUT2D eigenvalue weighted by molar-refractivity contribution is -0.143. The smallest absolute Gasteiger partial charge is 0.316 e. The molecule has 1 fully saturated rings. The number of halogens is 1. The van der Waals surface area contributed by atoms with Gasteiger partial charge in [-0.1, -0.05) is 30.4 Å². The van der Waals surface area contributed by atoms with E-state index in [1.807, 2.05) is 56.3 Å². The number of pyridine rings is 1. The number of carbonyl (C=O) groups excluding carboxylic acids is 1. The summed E-state index contributed by atoms with van der Waals surface area (Å²) in [5.41, 5.74) is 3.96. The highest BCUT2D eigenvalue weighted by molar-refractivity contribution is 6.16. The van der Waals surface area contributed by atoms with Crippen molar-refractivity contribution in [1.29, 1.82) is 10.7 Å². The first kappa shape index (κ1) is 31.3. The van der Waals surface area contributed by atoms with Gasteiger partial charge in [-0.3, -0.25) is 15.2 Å². The first-order valence-corrected chi connectivity index (χ1v) is 14.4. The van der Waals surface area contributed by atoms with E-state index in [2.05, 4.69) is 16.3 Å². The minimum absolute atomic E-state index is 0.0725. The monoisotopic (exact) mass is 579 g/mol. The largest absolute Gasteiger partial charge is 0.426 e. The van der Waals surface area contributed by atoms with Crippen LogP contribution in [-0.4, -0.2) is 42.8 Å². The zero-order valence-electron chi connectivity index (χ0n) is 25.6. The molecule has 2 heterocycles. The molecule has 8 heteroatoms. The van der Waals surface area contributed by atoms with Gasteiger partial charge in [0.05, 0.1) is 22.4 Å². The lowest BCUT2D eigenvalue weighted by Gasteiger charge is -2.29. The van der Waals surface area contributed by atoms with Gasteiger partial charge in [0.15, 0.2) is 0 Å². The van der Waals surface area contributed by atoms with Crippen LogP contribution in [0.4, 0.5) is 10.1 Å². The van der Waals surface area contributed by atoms with Gasteiger partial charge >= 0.3 is 5.97 Å². The highest BCUT2D eigenvalue weighted by Gasteiger charge is 2.27. The maximum atomic E-state index is 15.6. The summed E-state index contributed by atoms with van der Waals surface area (Å²) in [5.74, 6) is -1.08. The molecule has 1 aliphatic rings. The maximum absolute atomic E-state index is 15.6. The summed E-state index contributed by atoms with van der Waals surface area (Å²) in [6.45, 7) is 14.3. The van der Waals surface area contributed by atoms with Crippen LogP contribution >= 0.6 is 0 Å². The van der Waals surface area contributed by atoms with Gasteiger partial charge in [-0.05, 0) is 76.9 Å². The number of rotatable bonds is 7. The van der Waals surface area contributed by atoms with Crippen molar-refractivity contribution in [1.82, 2.24) is 10.3 Å². The van der Waals surface area contributed by atoms with Crippen LogP contribution in [0.25, 0.3) is 22.4 Å². The van der Waals surface area contributed by atoms with Crippen molar-refractivity contribution >= 4 is 17.4 Å².